The minimum absolute atomic E-state index is 0.0147. The average Bonchev–Trinajstić information content (AvgIpc) is 2.69. The Labute approximate surface area is 167 Å². The van der Waals surface area contributed by atoms with Gasteiger partial charge in [0.1, 0.15) is 0 Å². The lowest BCUT2D eigenvalue weighted by Gasteiger charge is -2.12. The molecule has 0 saturated carbocycles. The molecule has 0 saturated heterocycles. The van der Waals surface area contributed by atoms with Gasteiger partial charge in [-0.1, -0.05) is 11.6 Å². The summed E-state index contributed by atoms with van der Waals surface area (Å²) in [5.41, 5.74) is 0.108. The molecule has 150 valence electrons. The van der Waals surface area contributed by atoms with Gasteiger partial charge in [-0.3, -0.25) is 14.9 Å². The Morgan fingerprint density at radius 1 is 1.18 bits per heavy atom. The first-order valence-corrected chi connectivity index (χ1v) is 8.99. The van der Waals surface area contributed by atoms with Gasteiger partial charge in [-0.2, -0.15) is 0 Å². The van der Waals surface area contributed by atoms with Crippen LogP contribution in [0, 0.1) is 10.1 Å². The molecule has 2 rings (SSSR count). The average molecular weight is 409 g/mol. The van der Waals surface area contributed by atoms with Crippen molar-refractivity contribution in [3.05, 3.63) is 57.1 Å². The number of hydrogen-bond donors (Lipinski definition) is 1. The lowest BCUT2D eigenvalue weighted by Crippen LogP contribution is -2.25. The fraction of sp³-hybridized carbons (Fsp3) is 0.316. The first kappa shape index (κ1) is 21.5. The molecule has 1 amide bonds. The molecular formula is C19H21ClN2O6. The van der Waals surface area contributed by atoms with Crippen molar-refractivity contribution in [2.45, 2.75) is 13.3 Å². The van der Waals surface area contributed by atoms with Gasteiger partial charge >= 0.3 is 5.69 Å². The number of nitro groups is 1. The number of rotatable bonds is 10. The Balaban J connectivity index is 2.13. The maximum absolute atomic E-state index is 12.2. The van der Waals surface area contributed by atoms with Crippen molar-refractivity contribution in [3.63, 3.8) is 0 Å². The molecule has 0 unspecified atom stereocenters. The zero-order valence-corrected chi connectivity index (χ0v) is 16.3. The molecule has 2 aromatic rings. The van der Waals surface area contributed by atoms with Crippen molar-refractivity contribution < 1.29 is 23.9 Å². The van der Waals surface area contributed by atoms with E-state index in [9.17, 15) is 14.9 Å². The number of nitrogens with one attached hydrogen (secondary N) is 1. The molecule has 0 aliphatic rings. The van der Waals surface area contributed by atoms with Crippen LogP contribution in [0.4, 0.5) is 5.69 Å². The number of hydrogen-bond acceptors (Lipinski definition) is 6. The van der Waals surface area contributed by atoms with Gasteiger partial charge in [0.2, 0.25) is 5.75 Å². The monoisotopic (exact) mass is 408 g/mol. The molecule has 0 heterocycles. The van der Waals surface area contributed by atoms with Gasteiger partial charge in [0, 0.05) is 36.4 Å². The minimum atomic E-state index is -0.586. The fourth-order valence-corrected chi connectivity index (χ4v) is 2.52. The second kappa shape index (κ2) is 10.5. The van der Waals surface area contributed by atoms with Crippen LogP contribution in [-0.4, -0.2) is 37.7 Å². The summed E-state index contributed by atoms with van der Waals surface area (Å²) in [5, 5.41) is 14.2. The number of ether oxygens (including phenoxy) is 3. The molecule has 1 N–H and O–H groups in total. The van der Waals surface area contributed by atoms with Crippen LogP contribution in [0.15, 0.2) is 36.4 Å². The van der Waals surface area contributed by atoms with E-state index in [1.54, 1.807) is 6.07 Å². The number of carbonyl (C=O) groups excluding carboxylic acids is 1. The Kier molecular flexibility index (Phi) is 8.03. The van der Waals surface area contributed by atoms with Gasteiger partial charge in [-0.05, 0) is 43.7 Å². The number of nitrogens with zero attached hydrogens (tertiary/aromatic N) is 1. The van der Waals surface area contributed by atoms with Crippen LogP contribution in [0.1, 0.15) is 23.7 Å². The van der Waals surface area contributed by atoms with E-state index in [0.717, 1.165) is 0 Å². The van der Waals surface area contributed by atoms with Crippen LogP contribution in [-0.2, 0) is 4.74 Å². The molecular weight excluding hydrogens is 388 g/mol. The van der Waals surface area contributed by atoms with E-state index in [2.05, 4.69) is 5.32 Å². The summed E-state index contributed by atoms with van der Waals surface area (Å²) in [4.78, 5) is 22.9. The van der Waals surface area contributed by atoms with E-state index >= 15 is 0 Å². The smallest absolute Gasteiger partial charge is 0.313 e. The minimum Gasteiger partial charge on any atom is -0.493 e. The SMILES string of the molecule is CCOCCCNC(=O)c1ccc(Oc2ccc(Cl)cc2[N+](=O)[O-])c(OC)c1. The van der Waals surface area contributed by atoms with Gasteiger partial charge in [-0.25, -0.2) is 0 Å². The summed E-state index contributed by atoms with van der Waals surface area (Å²) in [7, 11) is 1.42. The highest BCUT2D eigenvalue weighted by Gasteiger charge is 2.19. The number of nitro benzene ring substituents is 1. The third-order valence-electron chi connectivity index (χ3n) is 3.72. The normalized spacial score (nSPS) is 10.4. The van der Waals surface area contributed by atoms with Crippen molar-refractivity contribution in [1.29, 1.82) is 0 Å². The number of carbonyl (C=O) groups is 1. The van der Waals surface area contributed by atoms with Crippen LogP contribution < -0.4 is 14.8 Å². The molecule has 0 bridgehead atoms. The second-order valence-electron chi connectivity index (χ2n) is 5.64. The lowest BCUT2D eigenvalue weighted by atomic mass is 10.2. The Hall–Kier alpha value is -2.84. The highest BCUT2D eigenvalue weighted by atomic mass is 35.5. The van der Waals surface area contributed by atoms with E-state index < -0.39 is 4.92 Å². The van der Waals surface area contributed by atoms with Crippen LogP contribution in [0.5, 0.6) is 17.2 Å². The summed E-state index contributed by atoms with van der Waals surface area (Å²) in [6, 6.07) is 8.67. The summed E-state index contributed by atoms with van der Waals surface area (Å²) in [6.07, 6.45) is 0.706. The van der Waals surface area contributed by atoms with Crippen molar-refractivity contribution in [2.24, 2.45) is 0 Å². The molecule has 0 aliphatic heterocycles. The zero-order valence-electron chi connectivity index (χ0n) is 15.6. The van der Waals surface area contributed by atoms with Gasteiger partial charge in [0.25, 0.3) is 5.91 Å². The van der Waals surface area contributed by atoms with Gasteiger partial charge in [-0.15, -0.1) is 0 Å². The molecule has 0 spiro atoms. The molecule has 28 heavy (non-hydrogen) atoms. The van der Waals surface area contributed by atoms with E-state index in [0.29, 0.717) is 31.7 Å². The Bertz CT molecular complexity index is 843. The molecule has 8 nitrogen and oxygen atoms in total. The van der Waals surface area contributed by atoms with E-state index in [4.69, 9.17) is 25.8 Å². The van der Waals surface area contributed by atoms with E-state index in [1.807, 2.05) is 6.92 Å². The molecule has 0 fully saturated rings. The molecule has 2 aromatic carbocycles. The largest absolute Gasteiger partial charge is 0.493 e. The zero-order chi connectivity index (χ0) is 20.5. The summed E-state index contributed by atoms with van der Waals surface area (Å²) in [6.45, 7) is 3.61. The van der Waals surface area contributed by atoms with E-state index in [-0.39, 0.29) is 33.9 Å². The Morgan fingerprint density at radius 2 is 1.93 bits per heavy atom. The third kappa shape index (κ3) is 5.83. The van der Waals surface area contributed by atoms with Crippen molar-refractivity contribution in [3.8, 4) is 17.2 Å². The maximum atomic E-state index is 12.2. The Morgan fingerprint density at radius 3 is 2.61 bits per heavy atom. The van der Waals surface area contributed by atoms with Gasteiger partial charge in [0.15, 0.2) is 11.5 Å². The van der Waals surface area contributed by atoms with Gasteiger partial charge < -0.3 is 19.5 Å². The number of amides is 1. The maximum Gasteiger partial charge on any atom is 0.313 e. The standard InChI is InChI=1S/C19H21ClN2O6/c1-3-27-10-4-9-21-19(23)13-5-7-17(18(11-13)26-2)28-16-8-6-14(20)12-15(16)22(24)25/h5-8,11-12H,3-4,9-10H2,1-2H3,(H,21,23). The first-order valence-electron chi connectivity index (χ1n) is 8.62. The summed E-state index contributed by atoms with van der Waals surface area (Å²) < 4.78 is 16.1. The predicted molar refractivity (Wildman–Crippen MR) is 105 cm³/mol. The molecule has 0 aromatic heterocycles. The molecule has 9 heteroatoms. The fourth-order valence-electron chi connectivity index (χ4n) is 2.35. The topological polar surface area (TPSA) is 99.9 Å². The van der Waals surface area contributed by atoms with Crippen LogP contribution in [0.3, 0.4) is 0 Å². The van der Waals surface area contributed by atoms with Crippen molar-refractivity contribution >= 4 is 23.2 Å². The highest BCUT2D eigenvalue weighted by molar-refractivity contribution is 6.30. The number of benzene rings is 2. The lowest BCUT2D eigenvalue weighted by molar-refractivity contribution is -0.385. The second-order valence-corrected chi connectivity index (χ2v) is 6.08. The highest BCUT2D eigenvalue weighted by Crippen LogP contribution is 2.37. The predicted octanol–water partition coefficient (Wildman–Crippen LogP) is 4.21. The van der Waals surface area contributed by atoms with Crippen LogP contribution >= 0.6 is 11.6 Å². The van der Waals surface area contributed by atoms with Crippen molar-refractivity contribution in [2.75, 3.05) is 26.9 Å². The summed E-state index contributed by atoms with van der Waals surface area (Å²) in [5.74, 6) is 0.256. The number of halogens is 1. The van der Waals surface area contributed by atoms with Crippen LogP contribution in [0.25, 0.3) is 0 Å². The molecule has 0 aliphatic carbocycles. The molecule has 0 atom stereocenters. The van der Waals surface area contributed by atoms with Crippen LogP contribution in [0.2, 0.25) is 5.02 Å². The van der Waals surface area contributed by atoms with E-state index in [1.165, 1.54) is 37.4 Å². The third-order valence-corrected chi connectivity index (χ3v) is 3.95. The molecule has 0 radical (unpaired) electrons. The first-order chi connectivity index (χ1) is 13.5. The van der Waals surface area contributed by atoms with Crippen molar-refractivity contribution in [1.82, 2.24) is 5.32 Å². The quantitative estimate of drug-likeness (QED) is 0.359. The summed E-state index contributed by atoms with van der Waals surface area (Å²) >= 11 is 5.81. The van der Waals surface area contributed by atoms with Gasteiger partial charge in [0.05, 0.1) is 12.0 Å². The number of methoxy groups -OCH3 is 1.